The van der Waals surface area contributed by atoms with Gasteiger partial charge in [-0.1, -0.05) is 30.3 Å². The van der Waals surface area contributed by atoms with Crippen LogP contribution in [-0.2, 0) is 44.8 Å². The lowest BCUT2D eigenvalue weighted by molar-refractivity contribution is -0.143. The van der Waals surface area contributed by atoms with Crippen LogP contribution < -0.4 is 54.4 Å². The van der Waals surface area contributed by atoms with Crippen LogP contribution in [-0.4, -0.2) is 143 Å². The number of carbonyl (C=O) groups excluding carboxylic acids is 6. The first-order valence-electron chi connectivity index (χ1n) is 18.9. The van der Waals surface area contributed by atoms with Crippen molar-refractivity contribution in [3.63, 3.8) is 0 Å². The van der Waals surface area contributed by atoms with Crippen LogP contribution in [0.5, 0.6) is 0 Å². The van der Waals surface area contributed by atoms with Gasteiger partial charge in [-0.15, -0.1) is 0 Å². The average molecular weight is 854 g/mol. The first kappa shape index (κ1) is 51.5. The summed E-state index contributed by atoms with van der Waals surface area (Å²) in [5, 5.41) is 52.7. The third kappa shape index (κ3) is 21.7. The van der Waals surface area contributed by atoms with E-state index in [9.17, 15) is 43.5 Å². The summed E-state index contributed by atoms with van der Waals surface area (Å²) >= 11 is 1.35. The summed E-state index contributed by atoms with van der Waals surface area (Å²) in [4.78, 5) is 103. The second-order valence-corrected chi connectivity index (χ2v) is 14.4. The second kappa shape index (κ2) is 28.8. The molecule has 59 heavy (non-hydrogen) atoms. The molecule has 0 saturated carbocycles. The van der Waals surface area contributed by atoms with Crippen LogP contribution in [0.4, 0.5) is 0 Å². The zero-order chi connectivity index (χ0) is 44.3. The van der Waals surface area contributed by atoms with Crippen LogP contribution in [0.3, 0.4) is 0 Å². The highest BCUT2D eigenvalue weighted by molar-refractivity contribution is 7.98. The number of aliphatic carboxylic acids is 2. The van der Waals surface area contributed by atoms with Gasteiger partial charge in [0.25, 0.3) is 0 Å². The third-order valence-corrected chi connectivity index (χ3v) is 9.24. The van der Waals surface area contributed by atoms with Crippen molar-refractivity contribution in [1.29, 1.82) is 5.41 Å². The second-order valence-electron chi connectivity index (χ2n) is 13.4. The SMILES string of the molecule is CSCC[C@H](NC(=O)[C@H](CCCCN)NC(=O)[C@H](CCCNC(=N)N)NC(=O)[C@H](Cc1ccccc1)NC(=O)CNC(=O)[C@@H](N)CO)C(=O)N[C@@H](CCC(=O)O)C(=O)O. The van der Waals surface area contributed by atoms with E-state index in [0.29, 0.717) is 24.2 Å². The number of aliphatic hydroxyl groups is 1. The minimum absolute atomic E-state index is 0.0363. The van der Waals surface area contributed by atoms with E-state index >= 15 is 0 Å². The molecule has 23 heteroatoms. The summed E-state index contributed by atoms with van der Waals surface area (Å²) in [6.07, 6.45) is 1.86. The number of unbranched alkanes of at least 4 members (excludes halogenated alkanes) is 1. The van der Waals surface area contributed by atoms with Gasteiger partial charge >= 0.3 is 11.9 Å². The number of benzene rings is 1. The summed E-state index contributed by atoms with van der Waals surface area (Å²) in [5.74, 6) is -7.56. The molecule has 1 aromatic rings. The van der Waals surface area contributed by atoms with Crippen molar-refractivity contribution in [2.24, 2.45) is 17.2 Å². The Morgan fingerprint density at radius 2 is 1.25 bits per heavy atom. The number of carbonyl (C=O) groups is 8. The number of guanidine groups is 1. The molecule has 0 aliphatic heterocycles. The average Bonchev–Trinajstić information content (AvgIpc) is 3.19. The molecule has 6 amide bonds. The van der Waals surface area contributed by atoms with Crippen molar-refractivity contribution in [3.05, 3.63) is 35.9 Å². The lowest BCUT2D eigenvalue weighted by Crippen LogP contribution is -2.59. The van der Waals surface area contributed by atoms with Gasteiger partial charge in [0, 0.05) is 19.4 Å². The number of nitrogens with one attached hydrogen (secondary N) is 8. The van der Waals surface area contributed by atoms with Gasteiger partial charge in [-0.3, -0.25) is 39.0 Å². The van der Waals surface area contributed by atoms with Gasteiger partial charge in [0.05, 0.1) is 13.2 Å². The topological polar surface area (TPSA) is 383 Å². The molecule has 1 rings (SSSR count). The monoisotopic (exact) mass is 853 g/mol. The Morgan fingerprint density at radius 3 is 1.76 bits per heavy atom. The number of amides is 6. The standard InChI is InChI=1S/C36H59N11O11S/c1-59-17-14-25(33(55)47-26(35(57)58)12-13-29(50)51)46-31(53)23(10-5-6-15-37)44-32(54)24(11-7-16-41-36(39)40)45-34(56)27(18-21-8-3-2-4-9-21)43-28(49)19-42-30(52)22(38)20-48/h2-4,8-9,22-27,48H,5-7,10-20,37-38H2,1H3,(H,42,52)(H,43,49)(H,44,54)(H,45,56)(H,46,53)(H,47,55)(H,50,51)(H,57,58)(H4,39,40,41)/t22-,23-,24-,25-,26-,27-/m0/s1. The summed E-state index contributed by atoms with van der Waals surface area (Å²) in [6, 6.07) is 0.645. The molecule has 0 aromatic heterocycles. The predicted molar refractivity (Wildman–Crippen MR) is 217 cm³/mol. The first-order valence-corrected chi connectivity index (χ1v) is 20.3. The van der Waals surface area contributed by atoms with Gasteiger partial charge in [-0.2, -0.15) is 11.8 Å². The quantitative estimate of drug-likeness (QED) is 0.0200. The molecule has 0 spiro atoms. The van der Waals surface area contributed by atoms with Gasteiger partial charge < -0.3 is 69.7 Å². The van der Waals surface area contributed by atoms with E-state index in [1.54, 1.807) is 36.6 Å². The van der Waals surface area contributed by atoms with Crippen LogP contribution in [0.25, 0.3) is 0 Å². The maximum atomic E-state index is 14.0. The Kier molecular flexibility index (Phi) is 25.1. The maximum absolute atomic E-state index is 14.0. The van der Waals surface area contributed by atoms with E-state index in [1.807, 2.05) is 0 Å². The summed E-state index contributed by atoms with van der Waals surface area (Å²) < 4.78 is 0. The Labute approximate surface area is 346 Å². The van der Waals surface area contributed by atoms with Gasteiger partial charge in [-0.05, 0) is 69.1 Å². The first-order chi connectivity index (χ1) is 28.0. The predicted octanol–water partition coefficient (Wildman–Crippen LogP) is -3.82. The molecule has 6 atom stereocenters. The number of hydrogen-bond donors (Lipinski definition) is 14. The van der Waals surface area contributed by atoms with Crippen LogP contribution in [0.2, 0.25) is 0 Å². The van der Waals surface area contributed by atoms with Crippen LogP contribution in [0.15, 0.2) is 30.3 Å². The number of nitrogens with two attached hydrogens (primary N) is 3. The molecule has 0 saturated heterocycles. The molecule has 0 radical (unpaired) electrons. The van der Waals surface area contributed by atoms with E-state index < -0.39 is 110 Å². The normalized spacial score (nSPS) is 13.8. The molecule has 0 aliphatic carbocycles. The Balaban J connectivity index is 3.38. The lowest BCUT2D eigenvalue weighted by atomic mass is 10.0. The molecule has 0 aliphatic rings. The van der Waals surface area contributed by atoms with Crippen LogP contribution in [0.1, 0.15) is 56.9 Å². The molecular formula is C36H59N11O11S. The van der Waals surface area contributed by atoms with E-state index in [4.69, 9.17) is 32.8 Å². The highest BCUT2D eigenvalue weighted by Gasteiger charge is 2.32. The molecule has 0 fully saturated rings. The molecule has 1 aromatic carbocycles. The number of carboxylic acid groups (broad SMARTS) is 2. The number of thioether (sulfide) groups is 1. The number of carboxylic acids is 2. The van der Waals surface area contributed by atoms with E-state index in [-0.39, 0.29) is 51.2 Å². The van der Waals surface area contributed by atoms with Crippen molar-refractivity contribution in [2.45, 2.75) is 94.0 Å². The van der Waals surface area contributed by atoms with Crippen LogP contribution >= 0.6 is 11.8 Å². The van der Waals surface area contributed by atoms with Gasteiger partial charge in [-0.25, -0.2) is 4.79 Å². The highest BCUT2D eigenvalue weighted by atomic mass is 32.2. The summed E-state index contributed by atoms with van der Waals surface area (Å²) in [5.41, 5.74) is 17.2. The van der Waals surface area contributed by atoms with Crippen molar-refractivity contribution in [1.82, 2.24) is 37.2 Å². The molecular weight excluding hydrogens is 795 g/mol. The summed E-state index contributed by atoms with van der Waals surface area (Å²) in [6.45, 7) is -0.848. The van der Waals surface area contributed by atoms with E-state index in [2.05, 4.69) is 37.2 Å². The van der Waals surface area contributed by atoms with Crippen molar-refractivity contribution < 1.29 is 53.7 Å². The van der Waals surface area contributed by atoms with Crippen molar-refractivity contribution >= 4 is 65.1 Å². The number of aliphatic hydroxyl groups excluding tert-OH is 1. The molecule has 0 unspecified atom stereocenters. The Bertz CT molecular complexity index is 1560. The highest BCUT2D eigenvalue weighted by Crippen LogP contribution is 2.10. The molecule has 22 nitrogen and oxygen atoms in total. The fourth-order valence-electron chi connectivity index (χ4n) is 5.36. The van der Waals surface area contributed by atoms with Crippen molar-refractivity contribution in [3.8, 4) is 0 Å². The van der Waals surface area contributed by atoms with E-state index in [1.165, 1.54) is 11.8 Å². The fourth-order valence-corrected chi connectivity index (χ4v) is 5.84. The molecule has 0 bridgehead atoms. The largest absolute Gasteiger partial charge is 0.481 e. The van der Waals surface area contributed by atoms with E-state index in [0.717, 1.165) is 0 Å². The summed E-state index contributed by atoms with van der Waals surface area (Å²) in [7, 11) is 0. The Morgan fingerprint density at radius 1 is 0.712 bits per heavy atom. The zero-order valence-electron chi connectivity index (χ0n) is 33.0. The number of rotatable bonds is 30. The maximum Gasteiger partial charge on any atom is 0.326 e. The fraction of sp³-hybridized carbons (Fsp3) is 0.583. The Hall–Kier alpha value is -5.52. The molecule has 330 valence electrons. The molecule has 17 N–H and O–H groups in total. The lowest BCUT2D eigenvalue weighted by Gasteiger charge is -2.27. The minimum atomic E-state index is -1.55. The van der Waals surface area contributed by atoms with Gasteiger partial charge in [0.2, 0.25) is 35.4 Å². The smallest absolute Gasteiger partial charge is 0.326 e. The molecule has 0 heterocycles. The van der Waals surface area contributed by atoms with Gasteiger partial charge in [0.1, 0.15) is 36.3 Å². The van der Waals surface area contributed by atoms with Gasteiger partial charge in [0.15, 0.2) is 5.96 Å². The zero-order valence-corrected chi connectivity index (χ0v) is 33.8. The number of hydrogen-bond acceptors (Lipinski definition) is 13. The minimum Gasteiger partial charge on any atom is -0.481 e. The third-order valence-electron chi connectivity index (χ3n) is 8.59. The van der Waals surface area contributed by atoms with Crippen molar-refractivity contribution in [2.75, 3.05) is 38.2 Å². The van der Waals surface area contributed by atoms with Crippen LogP contribution in [0, 0.1) is 5.41 Å².